The summed E-state index contributed by atoms with van der Waals surface area (Å²) in [5.41, 5.74) is 3.10. The first-order valence-electron chi connectivity index (χ1n) is 24.2. The van der Waals surface area contributed by atoms with E-state index in [1.807, 2.05) is 5.64 Å². The molecule has 4 heterocycles. The van der Waals surface area contributed by atoms with Crippen LogP contribution in [0.4, 0.5) is 37.7 Å². The van der Waals surface area contributed by atoms with Crippen molar-refractivity contribution in [2.75, 3.05) is 8.61 Å². The lowest BCUT2D eigenvalue weighted by Crippen LogP contribution is -2.55. The van der Waals surface area contributed by atoms with E-state index in [9.17, 15) is 53.1 Å². The zero-order valence-corrected chi connectivity index (χ0v) is 43.8. The van der Waals surface area contributed by atoms with Crippen LogP contribution in [-0.2, 0) is 72.9 Å². The van der Waals surface area contributed by atoms with Crippen LogP contribution in [0.25, 0.3) is 22.9 Å². The Morgan fingerprint density at radius 2 is 1.02 bits per heavy atom. The van der Waals surface area contributed by atoms with Crippen molar-refractivity contribution in [1.82, 2.24) is 15.6 Å². The molecule has 25 heteroatoms. The Morgan fingerprint density at radius 3 is 1.48 bits per heavy atom. The molecule has 416 valence electrons. The van der Waals surface area contributed by atoms with Crippen LogP contribution in [0.15, 0.2) is 164 Å². The number of aryl methyl sites for hydroxylation is 2. The summed E-state index contributed by atoms with van der Waals surface area (Å²) in [6, 6.07) is 29.4. The van der Waals surface area contributed by atoms with Crippen molar-refractivity contribution < 1.29 is 81.1 Å². The van der Waals surface area contributed by atoms with E-state index < -0.39 is 67.4 Å². The van der Waals surface area contributed by atoms with Crippen molar-refractivity contribution in [3.8, 4) is 34.4 Å². The summed E-state index contributed by atoms with van der Waals surface area (Å²) < 4.78 is 161. The molecule has 0 bridgehead atoms. The molecule has 10 rings (SSSR count). The lowest BCUT2D eigenvalue weighted by molar-refractivity contribution is -0.301. The van der Waals surface area contributed by atoms with E-state index in [1.165, 1.54) is 78.9 Å². The zero-order valence-electron chi connectivity index (χ0n) is 42.2. The normalized spacial score (nSPS) is 16.3. The van der Waals surface area contributed by atoms with Crippen LogP contribution >= 0.6 is 0 Å². The second-order valence-corrected chi connectivity index (χ2v) is 22.3. The Morgan fingerprint density at radius 1 is 0.613 bits per heavy atom. The van der Waals surface area contributed by atoms with Crippen molar-refractivity contribution in [3.63, 3.8) is 0 Å². The smallest absolute Gasteiger partial charge is 0.416 e. The van der Waals surface area contributed by atoms with Gasteiger partial charge in [0.05, 0.1) is 32.3 Å². The number of carbonyl (C=O) groups excluding carboxylic acids is 1. The highest BCUT2D eigenvalue weighted by Gasteiger charge is 2.50. The van der Waals surface area contributed by atoms with Gasteiger partial charge in [-0.1, -0.05) is 36.4 Å². The van der Waals surface area contributed by atoms with Gasteiger partial charge in [-0.2, -0.15) is 26.3 Å². The molecule has 0 spiro atoms. The molecule has 2 aliphatic heterocycles. The number of halogens is 6. The average molecular weight is 1150 g/mol. The molecule has 3 atom stereocenters. The van der Waals surface area contributed by atoms with Crippen molar-refractivity contribution in [2.45, 2.75) is 86.8 Å². The fourth-order valence-electron chi connectivity index (χ4n) is 9.10. The molecule has 0 aliphatic carbocycles. The summed E-state index contributed by atoms with van der Waals surface area (Å²) in [6.45, 7) is 4.10. The van der Waals surface area contributed by atoms with E-state index in [0.29, 0.717) is 45.2 Å². The first kappa shape index (κ1) is 55.1. The summed E-state index contributed by atoms with van der Waals surface area (Å²) in [5.74, 6) is -2.26. The number of nitrogens with one attached hydrogen (secondary N) is 1. The monoisotopic (exact) mass is 1150 g/mol. The number of sulfonamides is 2. The van der Waals surface area contributed by atoms with E-state index >= 15 is 0 Å². The zero-order chi connectivity index (χ0) is 56.9. The average Bonchev–Trinajstić information content (AvgIpc) is 4.39. The summed E-state index contributed by atoms with van der Waals surface area (Å²) >= 11 is 0. The lowest BCUT2D eigenvalue weighted by atomic mass is 10.0. The second kappa shape index (κ2) is 21.1. The number of ether oxygens (including phenoxy) is 2. The van der Waals surface area contributed by atoms with E-state index in [0.717, 1.165) is 39.8 Å². The number of oxazole rings is 2. The maximum absolute atomic E-state index is 14.5. The Balaban J connectivity index is 0.785. The molecule has 0 amide bonds. The molecule has 17 nitrogen and oxygen atoms in total. The van der Waals surface area contributed by atoms with Crippen molar-refractivity contribution in [2.24, 2.45) is 0 Å². The van der Waals surface area contributed by atoms with E-state index in [4.69, 9.17) is 28.0 Å². The second-order valence-electron chi connectivity index (χ2n) is 18.7. The van der Waals surface area contributed by atoms with Gasteiger partial charge in [0.2, 0.25) is 17.6 Å². The number of hydrogen-bond donors (Lipinski definition) is 2. The Bertz CT molecular complexity index is 3820. The van der Waals surface area contributed by atoms with Gasteiger partial charge in [0.1, 0.15) is 59.7 Å². The number of aromatic nitrogens is 2. The minimum Gasteiger partial charge on any atom is -0.487 e. The number of carbonyl (C=O) groups is 1. The third kappa shape index (κ3) is 11.1. The molecule has 2 N–H and O–H groups in total. The van der Waals surface area contributed by atoms with Gasteiger partial charge >= 0.3 is 18.3 Å². The third-order valence-corrected chi connectivity index (χ3v) is 17.0. The van der Waals surface area contributed by atoms with Gasteiger partial charge in [-0.05, 0) is 147 Å². The van der Waals surface area contributed by atoms with Crippen molar-refractivity contribution >= 4 is 37.4 Å². The molecule has 0 radical (unpaired) electrons. The molecular formula is C55H45F6N5O12S2. The fraction of sp³-hybridized carbons (Fsp3) is 0.218. The summed E-state index contributed by atoms with van der Waals surface area (Å²) in [7, 11) is -9.01. The van der Waals surface area contributed by atoms with Gasteiger partial charge in [-0.15, -0.1) is 0 Å². The van der Waals surface area contributed by atoms with Gasteiger partial charge in [0, 0.05) is 24.0 Å². The maximum atomic E-state index is 14.5. The van der Waals surface area contributed by atoms with Gasteiger partial charge in [0.25, 0.3) is 20.0 Å². The Labute approximate surface area is 452 Å². The number of para-hydroxylation sites is 2. The topological polar surface area (TPSA) is 213 Å². The predicted molar refractivity (Wildman–Crippen MR) is 273 cm³/mol. The number of hydrogen-bond acceptors (Lipinski definition) is 15. The van der Waals surface area contributed by atoms with Crippen LogP contribution in [0.3, 0.4) is 0 Å². The Kier molecular flexibility index (Phi) is 14.5. The quantitative estimate of drug-likeness (QED) is 0.0493. The van der Waals surface area contributed by atoms with E-state index in [2.05, 4.69) is 9.97 Å². The van der Waals surface area contributed by atoms with Gasteiger partial charge < -0.3 is 28.3 Å². The van der Waals surface area contributed by atoms with Crippen LogP contribution in [0.2, 0.25) is 0 Å². The molecule has 8 aromatic rings. The van der Waals surface area contributed by atoms with E-state index in [1.54, 1.807) is 56.3 Å². The lowest BCUT2D eigenvalue weighted by Gasteiger charge is -2.36. The number of benzene rings is 6. The van der Waals surface area contributed by atoms with Crippen molar-refractivity contribution in [3.05, 3.63) is 191 Å². The highest BCUT2D eigenvalue weighted by Crippen LogP contribution is 2.42. The minimum absolute atomic E-state index is 0.0643. The summed E-state index contributed by atoms with van der Waals surface area (Å²) in [6.07, 6.45) is -9.22. The molecule has 6 aromatic carbocycles. The number of aliphatic hydroxyl groups is 1. The molecule has 2 aromatic heterocycles. The number of rotatable bonds is 17. The SMILES string of the molecule is Cc1oc(-c2ccc(C(F)(F)F)cc2)nc1COc1ccc(S(=O)(=O)N2c3ccccc3CC2[C@@](C)(O)ONOC(=O)[C@@H]2Cc3ccccc3N2S(=O)(=O)c2ccc(OCc3nc(-c4ccc(C(F)(F)F)cc4)oc3C)cc2)cc1. The number of fused-ring (bicyclic) bond motifs is 2. The molecule has 0 saturated heterocycles. The molecule has 2 aliphatic rings. The highest BCUT2D eigenvalue weighted by atomic mass is 32.2. The third-order valence-electron chi connectivity index (χ3n) is 13.3. The number of nitrogens with zero attached hydrogens (tertiary/aromatic N) is 4. The minimum atomic E-state index is -4.51. The van der Waals surface area contributed by atoms with Crippen LogP contribution < -0.4 is 23.7 Å². The molecule has 1 unspecified atom stereocenters. The van der Waals surface area contributed by atoms with E-state index in [-0.39, 0.29) is 70.5 Å². The maximum Gasteiger partial charge on any atom is 0.416 e. The number of alkyl halides is 6. The first-order chi connectivity index (χ1) is 37.9. The van der Waals surface area contributed by atoms with Crippen LogP contribution in [0.1, 0.15) is 52.1 Å². The van der Waals surface area contributed by atoms with Crippen LogP contribution in [0, 0.1) is 13.8 Å². The Hall–Kier alpha value is -8.23. The summed E-state index contributed by atoms with van der Waals surface area (Å²) in [4.78, 5) is 33.0. The molecule has 80 heavy (non-hydrogen) atoms. The fourth-order valence-corrected chi connectivity index (χ4v) is 12.5. The standard InChI is InChI=1S/C55H45F6N5O12S2/c1-32-44(62-50(75-32)34-12-16-38(17-13-34)54(56,57)58)30-73-40-20-24-42(25-21-40)79(69,70)65-46-10-6-4-8-36(46)28-48(65)52(67)77-64-78-53(3,68)49-29-37-9-5-7-11-47(37)66(49)80(71,72)43-26-22-41(23-27-43)74-31-45-33(2)76-51(63-45)35-14-18-39(19-15-35)55(59,60)61/h4-27,48-49,64,68H,28-31H2,1-3H3/t48-,49?,53-/m0/s1. The van der Waals surface area contributed by atoms with Crippen LogP contribution in [0.5, 0.6) is 11.5 Å². The molecule has 0 fully saturated rings. The van der Waals surface area contributed by atoms with Crippen LogP contribution in [-0.4, -0.2) is 55.8 Å². The predicted octanol–water partition coefficient (Wildman–Crippen LogP) is 10.4. The largest absolute Gasteiger partial charge is 0.487 e. The highest BCUT2D eigenvalue weighted by molar-refractivity contribution is 7.93. The number of anilines is 2. The van der Waals surface area contributed by atoms with Crippen molar-refractivity contribution in [1.29, 1.82) is 0 Å². The first-order valence-corrected chi connectivity index (χ1v) is 27.1. The molecular weight excluding hydrogens is 1100 g/mol. The molecule has 0 saturated carbocycles. The van der Waals surface area contributed by atoms with Gasteiger partial charge in [-0.3, -0.25) is 8.61 Å². The van der Waals surface area contributed by atoms with Gasteiger partial charge in [-0.25, -0.2) is 36.4 Å². The van der Waals surface area contributed by atoms with Gasteiger partial charge in [0.15, 0.2) is 0 Å². The summed E-state index contributed by atoms with van der Waals surface area (Å²) in [5, 5.41) is 11.9.